The van der Waals surface area contributed by atoms with Gasteiger partial charge in [-0.1, -0.05) is 22.0 Å². The van der Waals surface area contributed by atoms with Crippen molar-refractivity contribution in [1.82, 2.24) is 4.98 Å². The molecular formula is C13H16BrN3S. The number of anilines is 2. The molecule has 3 nitrogen and oxygen atoms in total. The van der Waals surface area contributed by atoms with Crippen molar-refractivity contribution in [2.24, 2.45) is 5.73 Å². The fourth-order valence-electron chi connectivity index (χ4n) is 1.58. The Hall–Kier alpha value is -0.910. The average Bonchev–Trinajstić information content (AvgIpc) is 2.70. The summed E-state index contributed by atoms with van der Waals surface area (Å²) in [7, 11) is 0. The lowest BCUT2D eigenvalue weighted by Gasteiger charge is -2.05. The number of aromatic nitrogens is 1. The first kappa shape index (κ1) is 13.5. The number of halogens is 1. The Morgan fingerprint density at radius 2 is 2.28 bits per heavy atom. The Bertz CT molecular complexity index is 537. The van der Waals surface area contributed by atoms with Crippen LogP contribution in [0.2, 0.25) is 0 Å². The number of hydrogen-bond donors (Lipinski definition) is 2. The first-order chi connectivity index (χ1) is 8.54. The van der Waals surface area contributed by atoms with Crippen molar-refractivity contribution < 1.29 is 0 Å². The van der Waals surface area contributed by atoms with Crippen LogP contribution in [0.3, 0.4) is 0 Å². The zero-order valence-corrected chi connectivity index (χ0v) is 12.8. The minimum absolute atomic E-state index is 0.147. The van der Waals surface area contributed by atoms with Gasteiger partial charge in [-0.2, -0.15) is 0 Å². The molecule has 2 rings (SSSR count). The van der Waals surface area contributed by atoms with Gasteiger partial charge in [0, 0.05) is 28.0 Å². The van der Waals surface area contributed by atoms with Gasteiger partial charge in [-0.25, -0.2) is 4.98 Å². The van der Waals surface area contributed by atoms with Crippen LogP contribution >= 0.6 is 27.3 Å². The van der Waals surface area contributed by atoms with Gasteiger partial charge in [-0.05, 0) is 31.5 Å². The third-order valence-electron chi connectivity index (χ3n) is 2.51. The van der Waals surface area contributed by atoms with Crippen LogP contribution in [0.4, 0.5) is 10.8 Å². The van der Waals surface area contributed by atoms with Crippen molar-refractivity contribution in [2.45, 2.75) is 26.3 Å². The van der Waals surface area contributed by atoms with Crippen molar-refractivity contribution in [3.05, 3.63) is 39.3 Å². The fourth-order valence-corrected chi connectivity index (χ4v) is 2.70. The highest BCUT2D eigenvalue weighted by Gasteiger charge is 2.05. The lowest BCUT2D eigenvalue weighted by Crippen LogP contribution is -2.17. The molecule has 1 aromatic heterocycles. The minimum atomic E-state index is 0.147. The average molecular weight is 326 g/mol. The Labute approximate surface area is 120 Å². The Morgan fingerprint density at radius 3 is 2.94 bits per heavy atom. The Morgan fingerprint density at radius 1 is 1.50 bits per heavy atom. The zero-order chi connectivity index (χ0) is 13.1. The van der Waals surface area contributed by atoms with Gasteiger partial charge in [-0.15, -0.1) is 11.3 Å². The monoisotopic (exact) mass is 325 g/mol. The van der Waals surface area contributed by atoms with E-state index >= 15 is 0 Å². The summed E-state index contributed by atoms with van der Waals surface area (Å²) < 4.78 is 1.10. The number of nitrogens with one attached hydrogen (secondary N) is 1. The molecule has 0 aliphatic heterocycles. The van der Waals surface area contributed by atoms with Crippen LogP contribution in [0.25, 0.3) is 0 Å². The van der Waals surface area contributed by atoms with E-state index in [0.29, 0.717) is 0 Å². The van der Waals surface area contributed by atoms with E-state index in [-0.39, 0.29) is 6.04 Å². The quantitative estimate of drug-likeness (QED) is 0.897. The van der Waals surface area contributed by atoms with Gasteiger partial charge in [0.1, 0.15) is 0 Å². The van der Waals surface area contributed by atoms with Crippen molar-refractivity contribution in [1.29, 1.82) is 0 Å². The predicted molar refractivity (Wildman–Crippen MR) is 81.6 cm³/mol. The molecule has 0 saturated carbocycles. The molecule has 0 bridgehead atoms. The van der Waals surface area contributed by atoms with Gasteiger partial charge >= 0.3 is 0 Å². The van der Waals surface area contributed by atoms with Gasteiger partial charge in [0.15, 0.2) is 5.13 Å². The molecule has 0 saturated heterocycles. The van der Waals surface area contributed by atoms with E-state index in [4.69, 9.17) is 5.73 Å². The van der Waals surface area contributed by atoms with Gasteiger partial charge < -0.3 is 11.1 Å². The molecule has 1 heterocycles. The van der Waals surface area contributed by atoms with E-state index in [2.05, 4.69) is 50.7 Å². The van der Waals surface area contributed by atoms with Crippen molar-refractivity contribution in [3.63, 3.8) is 0 Å². The number of aryl methyl sites for hydroxylation is 1. The number of nitrogens with zero attached hydrogens (tertiary/aromatic N) is 1. The Balaban J connectivity index is 2.08. The molecule has 0 aliphatic carbocycles. The van der Waals surface area contributed by atoms with Crippen LogP contribution in [0.5, 0.6) is 0 Å². The first-order valence-corrected chi connectivity index (χ1v) is 7.45. The molecule has 3 N–H and O–H groups in total. The number of thiazole rings is 1. The SMILES string of the molecule is Cc1ccc(Nc2nc(CC(C)N)cs2)cc1Br. The van der Waals surface area contributed by atoms with Crippen molar-refractivity contribution in [3.8, 4) is 0 Å². The third kappa shape index (κ3) is 3.54. The maximum atomic E-state index is 5.76. The fraction of sp³-hybridized carbons (Fsp3) is 0.308. The summed E-state index contributed by atoms with van der Waals surface area (Å²) in [4.78, 5) is 4.51. The van der Waals surface area contributed by atoms with E-state index < -0.39 is 0 Å². The molecule has 0 fully saturated rings. The van der Waals surface area contributed by atoms with E-state index in [1.807, 2.05) is 13.0 Å². The largest absolute Gasteiger partial charge is 0.332 e. The number of hydrogen-bond acceptors (Lipinski definition) is 4. The minimum Gasteiger partial charge on any atom is -0.332 e. The molecule has 18 heavy (non-hydrogen) atoms. The zero-order valence-electron chi connectivity index (χ0n) is 10.4. The van der Waals surface area contributed by atoms with Crippen molar-refractivity contribution in [2.75, 3.05) is 5.32 Å². The predicted octanol–water partition coefficient (Wildman–Crippen LogP) is 3.85. The highest BCUT2D eigenvalue weighted by atomic mass is 79.9. The van der Waals surface area contributed by atoms with Gasteiger partial charge in [0.05, 0.1) is 5.69 Å². The molecular weight excluding hydrogens is 310 g/mol. The number of nitrogens with two attached hydrogens (primary N) is 1. The first-order valence-electron chi connectivity index (χ1n) is 5.78. The van der Waals surface area contributed by atoms with E-state index in [1.54, 1.807) is 11.3 Å². The van der Waals surface area contributed by atoms with Crippen molar-refractivity contribution >= 4 is 38.1 Å². The molecule has 2 aromatic rings. The summed E-state index contributed by atoms with van der Waals surface area (Å²) in [5, 5.41) is 6.26. The Kier molecular flexibility index (Phi) is 4.37. The van der Waals surface area contributed by atoms with Gasteiger partial charge in [0.25, 0.3) is 0 Å². The summed E-state index contributed by atoms with van der Waals surface area (Å²) in [6.07, 6.45) is 0.815. The number of benzene rings is 1. The van der Waals surface area contributed by atoms with Gasteiger partial charge in [-0.3, -0.25) is 0 Å². The number of rotatable bonds is 4. The van der Waals surface area contributed by atoms with E-state index in [1.165, 1.54) is 5.56 Å². The standard InChI is InChI=1S/C13H16BrN3S/c1-8-3-4-10(6-12(8)14)16-13-17-11(7-18-13)5-9(2)15/h3-4,6-7,9H,5,15H2,1-2H3,(H,16,17). The summed E-state index contributed by atoms with van der Waals surface area (Å²) >= 11 is 5.13. The maximum absolute atomic E-state index is 5.76. The molecule has 0 spiro atoms. The molecule has 1 unspecified atom stereocenters. The van der Waals surface area contributed by atoms with E-state index in [0.717, 1.165) is 27.4 Å². The smallest absolute Gasteiger partial charge is 0.187 e. The van der Waals surface area contributed by atoms with Crippen LogP contribution in [0, 0.1) is 6.92 Å². The molecule has 0 aliphatic rings. The van der Waals surface area contributed by atoms with Crippen LogP contribution in [-0.2, 0) is 6.42 Å². The van der Waals surface area contributed by atoms with Crippen LogP contribution in [0.1, 0.15) is 18.2 Å². The lowest BCUT2D eigenvalue weighted by molar-refractivity contribution is 0.726. The molecule has 1 atom stereocenters. The summed E-state index contributed by atoms with van der Waals surface area (Å²) in [5.41, 5.74) is 9.06. The molecule has 0 radical (unpaired) electrons. The van der Waals surface area contributed by atoms with Crippen LogP contribution < -0.4 is 11.1 Å². The second-order valence-corrected chi connectivity index (χ2v) is 6.13. The van der Waals surface area contributed by atoms with Crippen LogP contribution in [-0.4, -0.2) is 11.0 Å². The molecule has 1 aromatic carbocycles. The van der Waals surface area contributed by atoms with E-state index in [9.17, 15) is 0 Å². The van der Waals surface area contributed by atoms with Crippen LogP contribution in [0.15, 0.2) is 28.1 Å². The highest BCUT2D eigenvalue weighted by molar-refractivity contribution is 9.10. The highest BCUT2D eigenvalue weighted by Crippen LogP contribution is 2.25. The lowest BCUT2D eigenvalue weighted by atomic mass is 10.2. The molecule has 5 heteroatoms. The summed E-state index contributed by atoms with van der Waals surface area (Å²) in [6, 6.07) is 6.32. The molecule has 96 valence electrons. The van der Waals surface area contributed by atoms with Gasteiger partial charge in [0.2, 0.25) is 0 Å². The summed E-state index contributed by atoms with van der Waals surface area (Å²) in [6.45, 7) is 4.06. The third-order valence-corrected chi connectivity index (χ3v) is 4.17. The second kappa shape index (κ2) is 5.82. The summed E-state index contributed by atoms with van der Waals surface area (Å²) in [5.74, 6) is 0. The maximum Gasteiger partial charge on any atom is 0.187 e. The molecule has 0 amide bonds. The normalized spacial score (nSPS) is 12.4. The second-order valence-electron chi connectivity index (χ2n) is 4.41. The topological polar surface area (TPSA) is 50.9 Å².